The molecule has 1 atom stereocenters. The van der Waals surface area contributed by atoms with Crippen molar-refractivity contribution in [2.45, 2.75) is 37.9 Å². The highest BCUT2D eigenvalue weighted by atomic mass is 32.2. The van der Waals surface area contributed by atoms with Gasteiger partial charge in [-0.1, -0.05) is 24.3 Å². The Labute approximate surface area is 183 Å². The second-order valence-electron chi connectivity index (χ2n) is 8.16. The van der Waals surface area contributed by atoms with Crippen molar-refractivity contribution >= 4 is 21.6 Å². The van der Waals surface area contributed by atoms with Crippen molar-refractivity contribution < 1.29 is 22.7 Å². The van der Waals surface area contributed by atoms with Gasteiger partial charge in [0, 0.05) is 24.6 Å². The molecule has 0 spiro atoms. The number of nitrogens with zero attached hydrogens (tertiary/aromatic N) is 1. The molecule has 2 aliphatic rings. The van der Waals surface area contributed by atoms with Gasteiger partial charge in [-0.25, -0.2) is 8.42 Å². The number of nitrogens with one attached hydrogen (secondary N) is 1. The van der Waals surface area contributed by atoms with E-state index in [1.165, 1.54) is 12.1 Å². The lowest BCUT2D eigenvalue weighted by molar-refractivity contribution is -0.0969. The molecule has 2 saturated heterocycles. The normalized spacial score (nSPS) is 20.1. The van der Waals surface area contributed by atoms with E-state index < -0.39 is 10.0 Å². The van der Waals surface area contributed by atoms with E-state index in [4.69, 9.17) is 9.47 Å². The standard InChI is InChI=1S/C23H28N2O5S/c1-16-9-10-19(31(27,28)24-21-8-4-3-6-17(21)2)14-20(16)22(26)25-11-5-7-18(15-25)23-29-12-13-30-23/h3-4,6,8-10,14,18,23-24H,5,7,11-13,15H2,1-2H3. The molecule has 31 heavy (non-hydrogen) atoms. The van der Waals surface area contributed by atoms with Crippen LogP contribution in [0.3, 0.4) is 0 Å². The Hall–Kier alpha value is -2.42. The van der Waals surface area contributed by atoms with Gasteiger partial charge in [0.25, 0.3) is 15.9 Å². The lowest BCUT2D eigenvalue weighted by Crippen LogP contribution is -2.44. The number of anilines is 1. The molecule has 0 bridgehead atoms. The Morgan fingerprint density at radius 2 is 1.81 bits per heavy atom. The number of carbonyl (C=O) groups excluding carboxylic acids is 1. The summed E-state index contributed by atoms with van der Waals surface area (Å²) >= 11 is 0. The molecule has 0 aliphatic carbocycles. The summed E-state index contributed by atoms with van der Waals surface area (Å²) in [7, 11) is -3.82. The average molecular weight is 445 g/mol. The summed E-state index contributed by atoms with van der Waals surface area (Å²) < 4.78 is 39.8. The van der Waals surface area contributed by atoms with Crippen molar-refractivity contribution in [3.63, 3.8) is 0 Å². The summed E-state index contributed by atoms with van der Waals surface area (Å²) in [5.74, 6) is -0.0247. The van der Waals surface area contributed by atoms with E-state index in [-0.39, 0.29) is 23.0 Å². The summed E-state index contributed by atoms with van der Waals surface area (Å²) in [6, 6.07) is 11.9. The lowest BCUT2D eigenvalue weighted by Gasteiger charge is -2.35. The number of para-hydroxylation sites is 1. The minimum absolute atomic E-state index is 0.0701. The summed E-state index contributed by atoms with van der Waals surface area (Å²) in [6.45, 7) is 6.01. The molecule has 0 aromatic heterocycles. The number of amides is 1. The number of sulfonamides is 1. The molecule has 166 valence electrons. The van der Waals surface area contributed by atoms with E-state index in [0.717, 1.165) is 24.0 Å². The molecule has 1 N–H and O–H groups in total. The average Bonchev–Trinajstić information content (AvgIpc) is 3.30. The fourth-order valence-electron chi connectivity index (χ4n) is 4.13. The molecule has 0 radical (unpaired) electrons. The maximum atomic E-state index is 13.3. The van der Waals surface area contributed by atoms with Crippen molar-refractivity contribution in [3.05, 3.63) is 59.2 Å². The molecule has 0 saturated carbocycles. The van der Waals surface area contributed by atoms with Gasteiger partial charge in [0.2, 0.25) is 0 Å². The van der Waals surface area contributed by atoms with Crippen LogP contribution in [0.5, 0.6) is 0 Å². The maximum absolute atomic E-state index is 13.3. The first-order valence-corrected chi connectivity index (χ1v) is 12.0. The summed E-state index contributed by atoms with van der Waals surface area (Å²) in [5, 5.41) is 0. The largest absolute Gasteiger partial charge is 0.350 e. The molecule has 1 amide bonds. The predicted octanol–water partition coefficient (Wildman–Crippen LogP) is 3.33. The molecule has 4 rings (SSSR count). The summed E-state index contributed by atoms with van der Waals surface area (Å²) in [4.78, 5) is 15.2. The van der Waals surface area contributed by atoms with Crippen LogP contribution in [-0.2, 0) is 19.5 Å². The van der Waals surface area contributed by atoms with Gasteiger partial charge in [-0.15, -0.1) is 0 Å². The molecule has 8 heteroatoms. The molecular formula is C23H28N2O5S. The number of hydrogen-bond acceptors (Lipinski definition) is 5. The van der Waals surface area contributed by atoms with Crippen molar-refractivity contribution in [3.8, 4) is 0 Å². The van der Waals surface area contributed by atoms with Crippen molar-refractivity contribution in [1.82, 2.24) is 4.90 Å². The van der Waals surface area contributed by atoms with Gasteiger partial charge in [-0.3, -0.25) is 9.52 Å². The second kappa shape index (κ2) is 8.98. The zero-order valence-corrected chi connectivity index (χ0v) is 18.7. The third-order valence-electron chi connectivity index (χ3n) is 5.92. The number of hydrogen-bond donors (Lipinski definition) is 1. The van der Waals surface area contributed by atoms with E-state index >= 15 is 0 Å². The van der Waals surface area contributed by atoms with Crippen LogP contribution in [0.4, 0.5) is 5.69 Å². The van der Waals surface area contributed by atoms with E-state index in [2.05, 4.69) is 4.72 Å². The third kappa shape index (κ3) is 4.76. The summed E-state index contributed by atoms with van der Waals surface area (Å²) in [5.41, 5.74) is 2.49. The first-order chi connectivity index (χ1) is 14.8. The topological polar surface area (TPSA) is 84.9 Å². The number of benzene rings is 2. The molecule has 7 nitrogen and oxygen atoms in total. The highest BCUT2D eigenvalue weighted by molar-refractivity contribution is 7.92. The van der Waals surface area contributed by atoms with E-state index in [1.54, 1.807) is 23.1 Å². The van der Waals surface area contributed by atoms with Crippen LogP contribution >= 0.6 is 0 Å². The number of piperidine rings is 1. The molecule has 2 aromatic carbocycles. The SMILES string of the molecule is Cc1ccccc1NS(=O)(=O)c1ccc(C)c(C(=O)N2CCCC(C3OCCO3)C2)c1. The first-order valence-electron chi connectivity index (χ1n) is 10.6. The Morgan fingerprint density at radius 3 is 2.55 bits per heavy atom. The lowest BCUT2D eigenvalue weighted by atomic mass is 9.96. The van der Waals surface area contributed by atoms with E-state index in [0.29, 0.717) is 37.6 Å². The van der Waals surface area contributed by atoms with Crippen LogP contribution in [-0.4, -0.2) is 51.8 Å². The number of ether oxygens (including phenoxy) is 2. The van der Waals surface area contributed by atoms with Crippen LogP contribution < -0.4 is 4.72 Å². The molecule has 1 unspecified atom stereocenters. The highest BCUT2D eigenvalue weighted by Crippen LogP contribution is 2.27. The number of likely N-dealkylation sites (tertiary alicyclic amines) is 1. The quantitative estimate of drug-likeness (QED) is 0.765. The fourth-order valence-corrected chi connectivity index (χ4v) is 5.28. The van der Waals surface area contributed by atoms with Crippen LogP contribution in [0.1, 0.15) is 34.3 Å². The third-order valence-corrected chi connectivity index (χ3v) is 7.28. The van der Waals surface area contributed by atoms with Gasteiger partial charge in [0.15, 0.2) is 6.29 Å². The molecule has 2 aliphatic heterocycles. The van der Waals surface area contributed by atoms with Gasteiger partial charge in [0.05, 0.1) is 23.8 Å². The van der Waals surface area contributed by atoms with Crippen molar-refractivity contribution in [2.24, 2.45) is 5.92 Å². The van der Waals surface area contributed by atoms with Gasteiger partial charge in [0.1, 0.15) is 0 Å². The van der Waals surface area contributed by atoms with Crippen LogP contribution in [0.25, 0.3) is 0 Å². The van der Waals surface area contributed by atoms with Crippen molar-refractivity contribution in [2.75, 3.05) is 31.0 Å². The smallest absolute Gasteiger partial charge is 0.261 e. The minimum Gasteiger partial charge on any atom is -0.350 e. The Kier molecular flexibility index (Phi) is 6.31. The molecule has 2 heterocycles. The van der Waals surface area contributed by atoms with Gasteiger partial charge < -0.3 is 14.4 Å². The van der Waals surface area contributed by atoms with E-state index in [1.807, 2.05) is 26.0 Å². The van der Waals surface area contributed by atoms with E-state index in [9.17, 15) is 13.2 Å². The van der Waals surface area contributed by atoms with Crippen molar-refractivity contribution in [1.29, 1.82) is 0 Å². The summed E-state index contributed by atoms with van der Waals surface area (Å²) in [6.07, 6.45) is 1.55. The number of carbonyl (C=O) groups is 1. The Bertz CT molecular complexity index is 1060. The molecule has 2 fully saturated rings. The van der Waals surface area contributed by atoms with Crippen LogP contribution in [0.2, 0.25) is 0 Å². The zero-order valence-electron chi connectivity index (χ0n) is 17.8. The maximum Gasteiger partial charge on any atom is 0.261 e. The van der Waals surface area contributed by atoms with Gasteiger partial charge in [-0.2, -0.15) is 0 Å². The number of rotatable bonds is 5. The molecule has 2 aromatic rings. The fraction of sp³-hybridized carbons (Fsp3) is 0.435. The Balaban J connectivity index is 1.55. The van der Waals surface area contributed by atoms with Crippen LogP contribution in [0.15, 0.2) is 47.4 Å². The molecular weight excluding hydrogens is 416 g/mol. The zero-order chi connectivity index (χ0) is 22.0. The van der Waals surface area contributed by atoms with Crippen LogP contribution in [0, 0.1) is 19.8 Å². The van der Waals surface area contributed by atoms with Gasteiger partial charge >= 0.3 is 0 Å². The predicted molar refractivity (Wildman–Crippen MR) is 117 cm³/mol. The monoisotopic (exact) mass is 444 g/mol. The van der Waals surface area contributed by atoms with Gasteiger partial charge in [-0.05, 0) is 56.0 Å². The Morgan fingerprint density at radius 1 is 1.06 bits per heavy atom. The minimum atomic E-state index is -3.82. The second-order valence-corrected chi connectivity index (χ2v) is 9.84. The highest BCUT2D eigenvalue weighted by Gasteiger charge is 2.33. The number of aryl methyl sites for hydroxylation is 2. The first kappa shape index (κ1) is 21.8.